The average Bonchev–Trinajstić information content (AvgIpc) is 2.73. The molecule has 0 aliphatic carbocycles. The Morgan fingerprint density at radius 1 is 0.966 bits per heavy atom. The van der Waals surface area contributed by atoms with Crippen LogP contribution < -0.4 is 4.72 Å². The summed E-state index contributed by atoms with van der Waals surface area (Å²) < 4.78 is 28.8. The molecule has 4 nitrogen and oxygen atoms in total. The Kier molecular flexibility index (Phi) is 6.30. The van der Waals surface area contributed by atoms with Gasteiger partial charge in [-0.2, -0.15) is 5.26 Å². The highest BCUT2D eigenvalue weighted by molar-refractivity contribution is 7.89. The first-order chi connectivity index (χ1) is 13.8. The van der Waals surface area contributed by atoms with E-state index in [1.165, 1.54) is 12.1 Å². The Balaban J connectivity index is 2.15. The van der Waals surface area contributed by atoms with Crippen LogP contribution in [0.5, 0.6) is 0 Å². The minimum Gasteiger partial charge on any atom is -0.207 e. The van der Waals surface area contributed by atoms with Gasteiger partial charge < -0.3 is 0 Å². The zero-order valence-corrected chi connectivity index (χ0v) is 17.8. The number of nitrogens with zero attached hydrogens (tertiary/aromatic N) is 1. The number of halogens is 2. The number of benzene rings is 3. The van der Waals surface area contributed by atoms with Crippen molar-refractivity contribution in [2.75, 3.05) is 0 Å². The Bertz CT molecular complexity index is 1140. The fraction of sp³-hybridized carbons (Fsp3) is 0.136. The second kappa shape index (κ2) is 8.56. The van der Waals surface area contributed by atoms with Gasteiger partial charge in [-0.1, -0.05) is 89.4 Å². The lowest BCUT2D eigenvalue weighted by Gasteiger charge is -2.31. The van der Waals surface area contributed by atoms with Crippen LogP contribution in [-0.4, -0.2) is 8.42 Å². The SMILES string of the molecule is Cc1ccc(S(=O)(=O)N[C@H](c2ccccc2Cl)[C@@](Cl)(C#N)c2ccccc2)cc1. The summed E-state index contributed by atoms with van der Waals surface area (Å²) in [5.74, 6) is 0. The van der Waals surface area contributed by atoms with Gasteiger partial charge in [-0.15, -0.1) is 0 Å². The molecule has 7 heteroatoms. The van der Waals surface area contributed by atoms with Gasteiger partial charge in [0.05, 0.1) is 17.0 Å². The van der Waals surface area contributed by atoms with Gasteiger partial charge in [-0.25, -0.2) is 13.1 Å². The van der Waals surface area contributed by atoms with Crippen molar-refractivity contribution >= 4 is 33.2 Å². The smallest absolute Gasteiger partial charge is 0.207 e. The number of hydrogen-bond donors (Lipinski definition) is 1. The maximum atomic E-state index is 13.1. The molecular weight excluding hydrogens is 427 g/mol. The van der Waals surface area contributed by atoms with Gasteiger partial charge in [0.15, 0.2) is 4.87 Å². The molecule has 0 aromatic heterocycles. The molecule has 0 saturated heterocycles. The van der Waals surface area contributed by atoms with E-state index in [0.717, 1.165) is 5.56 Å². The lowest BCUT2D eigenvalue weighted by molar-refractivity contribution is 0.514. The Morgan fingerprint density at radius 3 is 2.14 bits per heavy atom. The zero-order chi connectivity index (χ0) is 21.1. The molecule has 0 saturated carbocycles. The van der Waals surface area contributed by atoms with Gasteiger partial charge in [0, 0.05) is 5.02 Å². The number of aryl methyl sites for hydroxylation is 1. The van der Waals surface area contributed by atoms with Crippen molar-refractivity contribution < 1.29 is 8.42 Å². The van der Waals surface area contributed by atoms with Crippen molar-refractivity contribution in [1.29, 1.82) is 5.26 Å². The number of rotatable bonds is 6. The van der Waals surface area contributed by atoms with E-state index in [1.54, 1.807) is 66.7 Å². The molecule has 0 amide bonds. The van der Waals surface area contributed by atoms with Gasteiger partial charge in [0.1, 0.15) is 0 Å². The molecule has 0 radical (unpaired) electrons. The van der Waals surface area contributed by atoms with E-state index in [2.05, 4.69) is 10.8 Å². The molecule has 0 aliphatic heterocycles. The van der Waals surface area contributed by atoms with Gasteiger partial charge in [0.25, 0.3) is 0 Å². The van der Waals surface area contributed by atoms with E-state index >= 15 is 0 Å². The largest absolute Gasteiger partial charge is 0.241 e. The van der Waals surface area contributed by atoms with Crippen molar-refractivity contribution in [1.82, 2.24) is 4.72 Å². The molecule has 0 unspecified atom stereocenters. The van der Waals surface area contributed by atoms with Crippen LogP contribution in [0, 0.1) is 18.3 Å². The van der Waals surface area contributed by atoms with Crippen molar-refractivity contribution in [2.24, 2.45) is 0 Å². The first-order valence-corrected chi connectivity index (χ1v) is 11.0. The summed E-state index contributed by atoms with van der Waals surface area (Å²) >= 11 is 13.2. The van der Waals surface area contributed by atoms with Crippen LogP contribution in [-0.2, 0) is 14.9 Å². The number of nitriles is 1. The monoisotopic (exact) mass is 444 g/mol. The highest BCUT2D eigenvalue weighted by atomic mass is 35.5. The predicted octanol–water partition coefficient (Wildman–Crippen LogP) is 5.33. The molecule has 0 heterocycles. The van der Waals surface area contributed by atoms with Gasteiger partial charge >= 0.3 is 0 Å². The van der Waals surface area contributed by atoms with E-state index in [9.17, 15) is 13.7 Å². The van der Waals surface area contributed by atoms with Crippen LogP contribution in [0.2, 0.25) is 5.02 Å². The van der Waals surface area contributed by atoms with Crippen molar-refractivity contribution in [3.8, 4) is 6.07 Å². The minimum atomic E-state index is -3.99. The fourth-order valence-corrected chi connectivity index (χ4v) is 4.84. The van der Waals surface area contributed by atoms with Crippen molar-refractivity contribution in [2.45, 2.75) is 22.7 Å². The second-order valence-corrected chi connectivity index (χ2v) is 9.30. The minimum absolute atomic E-state index is 0.0742. The summed E-state index contributed by atoms with van der Waals surface area (Å²) in [4.78, 5) is -1.64. The highest BCUT2D eigenvalue weighted by Gasteiger charge is 2.43. The molecule has 3 rings (SSSR count). The second-order valence-electron chi connectivity index (χ2n) is 6.58. The van der Waals surface area contributed by atoms with Gasteiger partial charge in [-0.05, 0) is 36.2 Å². The van der Waals surface area contributed by atoms with Crippen molar-refractivity contribution in [3.63, 3.8) is 0 Å². The third-order valence-corrected chi connectivity index (χ3v) is 6.88. The molecule has 0 spiro atoms. The van der Waals surface area contributed by atoms with E-state index in [0.29, 0.717) is 16.1 Å². The van der Waals surface area contributed by atoms with Crippen LogP contribution in [0.3, 0.4) is 0 Å². The summed E-state index contributed by atoms with van der Waals surface area (Å²) in [6.07, 6.45) is 0. The third kappa shape index (κ3) is 4.47. The fourth-order valence-electron chi connectivity index (χ4n) is 2.99. The van der Waals surface area contributed by atoms with Crippen LogP contribution in [0.4, 0.5) is 0 Å². The Labute approximate surface area is 180 Å². The van der Waals surface area contributed by atoms with Gasteiger partial charge in [-0.3, -0.25) is 0 Å². The number of sulfonamides is 1. The summed E-state index contributed by atoms with van der Waals surface area (Å²) in [5, 5.41) is 10.3. The lowest BCUT2D eigenvalue weighted by atomic mass is 9.88. The van der Waals surface area contributed by atoms with E-state index < -0.39 is 20.9 Å². The number of alkyl halides is 1. The molecule has 148 valence electrons. The summed E-state index contributed by atoms with van der Waals surface area (Å²) in [6, 6.07) is 22.7. The number of nitrogens with one attached hydrogen (secondary N) is 1. The number of hydrogen-bond acceptors (Lipinski definition) is 3. The molecule has 0 aliphatic rings. The van der Waals surface area contributed by atoms with Crippen LogP contribution in [0.15, 0.2) is 83.8 Å². The molecule has 3 aromatic carbocycles. The molecule has 29 heavy (non-hydrogen) atoms. The molecule has 2 atom stereocenters. The van der Waals surface area contributed by atoms with Crippen LogP contribution >= 0.6 is 23.2 Å². The maximum Gasteiger partial charge on any atom is 0.241 e. The van der Waals surface area contributed by atoms with E-state index in [-0.39, 0.29) is 4.90 Å². The molecule has 0 bridgehead atoms. The topological polar surface area (TPSA) is 70.0 Å². The Hall–Kier alpha value is -2.36. The average molecular weight is 445 g/mol. The molecular formula is C22H18Cl2N2O2S. The maximum absolute atomic E-state index is 13.1. The molecule has 0 fully saturated rings. The highest BCUT2D eigenvalue weighted by Crippen LogP contribution is 2.43. The van der Waals surface area contributed by atoms with Crippen LogP contribution in [0.1, 0.15) is 22.7 Å². The predicted molar refractivity (Wildman–Crippen MR) is 115 cm³/mol. The zero-order valence-electron chi connectivity index (χ0n) is 15.5. The van der Waals surface area contributed by atoms with E-state index in [1.807, 2.05) is 6.92 Å². The van der Waals surface area contributed by atoms with Gasteiger partial charge in [0.2, 0.25) is 10.0 Å². The first kappa shape index (κ1) is 21.4. The summed E-state index contributed by atoms with van der Waals surface area (Å²) in [6.45, 7) is 1.87. The van der Waals surface area contributed by atoms with Crippen LogP contribution in [0.25, 0.3) is 0 Å². The first-order valence-electron chi connectivity index (χ1n) is 8.77. The Morgan fingerprint density at radius 2 is 1.55 bits per heavy atom. The van der Waals surface area contributed by atoms with Crippen molar-refractivity contribution in [3.05, 3.63) is 101 Å². The third-order valence-electron chi connectivity index (χ3n) is 4.57. The molecule has 1 N–H and O–H groups in total. The standard InChI is InChI=1S/C22H18Cl2N2O2S/c1-16-11-13-18(14-12-16)29(27,28)26-21(19-9-5-6-10-20(19)23)22(24,15-25)17-7-3-2-4-8-17/h2-14,21,26H,1H3/t21-,22-/m1/s1. The molecule has 3 aromatic rings. The lowest BCUT2D eigenvalue weighted by Crippen LogP contribution is -2.40. The summed E-state index contributed by atoms with van der Waals surface area (Å²) in [7, 11) is -3.99. The quantitative estimate of drug-likeness (QED) is 0.522. The normalized spacial score (nSPS) is 14.6. The summed E-state index contributed by atoms with van der Waals surface area (Å²) in [5.41, 5.74) is 1.80. The van der Waals surface area contributed by atoms with E-state index in [4.69, 9.17) is 23.2 Å².